The lowest BCUT2D eigenvalue weighted by molar-refractivity contribution is 0.0706. The van der Waals surface area contributed by atoms with Crippen LogP contribution >= 0.6 is 11.8 Å². The number of nitrogens with one attached hydrogen (secondary N) is 1. The van der Waals surface area contributed by atoms with Crippen molar-refractivity contribution in [3.63, 3.8) is 0 Å². The number of hydrogen-bond donors (Lipinski definition) is 2. The number of amides is 1. The van der Waals surface area contributed by atoms with E-state index in [1.807, 2.05) is 30.3 Å². The van der Waals surface area contributed by atoms with Crippen LogP contribution in [0.2, 0.25) is 0 Å². The summed E-state index contributed by atoms with van der Waals surface area (Å²) in [5, 5.41) is 8.52. The second-order valence-electron chi connectivity index (χ2n) is 3.91. The summed E-state index contributed by atoms with van der Waals surface area (Å²) >= 11 is 1.76. The van der Waals surface area contributed by atoms with Crippen LogP contribution in [0.5, 0.6) is 0 Å². The third-order valence-corrected chi connectivity index (χ3v) is 3.60. The third kappa shape index (κ3) is 4.02. The standard InChI is InChI=1S/C15H13NO2S/c17-15(16-18)13-8-6-12(7-9-13)10-11-19-14-4-2-1-3-5-14/h2,4-9,18H,10-11H2,(H,16,17). The van der Waals surface area contributed by atoms with Gasteiger partial charge >= 0.3 is 0 Å². The molecule has 0 fully saturated rings. The van der Waals surface area contributed by atoms with Crippen molar-refractivity contribution in [1.29, 1.82) is 0 Å². The molecule has 2 aromatic carbocycles. The van der Waals surface area contributed by atoms with Gasteiger partial charge in [-0.05, 0) is 36.2 Å². The molecule has 3 nitrogen and oxygen atoms in total. The molecule has 0 radical (unpaired) electrons. The number of hydrogen-bond acceptors (Lipinski definition) is 3. The molecule has 1 amide bonds. The number of thioether (sulfide) groups is 1. The van der Waals surface area contributed by atoms with Gasteiger partial charge in [-0.15, -0.1) is 11.8 Å². The molecule has 96 valence electrons. The Morgan fingerprint density at radius 1 is 1.21 bits per heavy atom. The summed E-state index contributed by atoms with van der Waals surface area (Å²) in [4.78, 5) is 12.3. The second-order valence-corrected chi connectivity index (χ2v) is 5.07. The van der Waals surface area contributed by atoms with Crippen LogP contribution in [0.3, 0.4) is 0 Å². The van der Waals surface area contributed by atoms with E-state index in [1.54, 1.807) is 29.4 Å². The number of carbonyl (C=O) groups excluding carboxylic acids is 1. The van der Waals surface area contributed by atoms with Crippen LogP contribution in [0.4, 0.5) is 0 Å². The largest absolute Gasteiger partial charge is 0.288 e. The van der Waals surface area contributed by atoms with Crippen LogP contribution in [-0.2, 0) is 6.42 Å². The topological polar surface area (TPSA) is 49.3 Å². The van der Waals surface area contributed by atoms with Crippen molar-refractivity contribution in [3.05, 3.63) is 65.7 Å². The highest BCUT2D eigenvalue weighted by molar-refractivity contribution is 7.99. The van der Waals surface area contributed by atoms with E-state index in [0.29, 0.717) is 5.56 Å². The summed E-state index contributed by atoms with van der Waals surface area (Å²) in [6, 6.07) is 18.8. The lowest BCUT2D eigenvalue weighted by Crippen LogP contribution is -2.18. The summed E-state index contributed by atoms with van der Waals surface area (Å²) < 4.78 is 0. The molecule has 0 bridgehead atoms. The van der Waals surface area contributed by atoms with Gasteiger partial charge in [-0.2, -0.15) is 0 Å². The van der Waals surface area contributed by atoms with Crippen LogP contribution in [-0.4, -0.2) is 16.9 Å². The van der Waals surface area contributed by atoms with E-state index in [9.17, 15) is 4.79 Å². The first-order valence-electron chi connectivity index (χ1n) is 5.83. The lowest BCUT2D eigenvalue weighted by atomic mass is 10.1. The number of rotatable bonds is 5. The Labute approximate surface area is 116 Å². The lowest BCUT2D eigenvalue weighted by Gasteiger charge is -2.03. The fourth-order valence-corrected chi connectivity index (χ4v) is 2.48. The summed E-state index contributed by atoms with van der Waals surface area (Å²) in [5.74, 6) is 0.473. The van der Waals surface area contributed by atoms with E-state index >= 15 is 0 Å². The van der Waals surface area contributed by atoms with Gasteiger partial charge in [-0.3, -0.25) is 10.0 Å². The summed E-state index contributed by atoms with van der Waals surface area (Å²) in [7, 11) is 0. The van der Waals surface area contributed by atoms with Gasteiger partial charge in [0.25, 0.3) is 5.91 Å². The smallest absolute Gasteiger partial charge is 0.274 e. The van der Waals surface area contributed by atoms with Crippen LogP contribution < -0.4 is 5.48 Å². The van der Waals surface area contributed by atoms with Crippen LogP contribution in [0.25, 0.3) is 0 Å². The maximum atomic E-state index is 11.2. The van der Waals surface area contributed by atoms with E-state index in [1.165, 1.54) is 4.90 Å². The van der Waals surface area contributed by atoms with Crippen molar-refractivity contribution >= 4 is 17.7 Å². The first kappa shape index (κ1) is 13.5. The highest BCUT2D eigenvalue weighted by Crippen LogP contribution is 2.17. The zero-order valence-corrected chi connectivity index (χ0v) is 11.0. The molecule has 0 aliphatic carbocycles. The predicted molar refractivity (Wildman–Crippen MR) is 74.2 cm³/mol. The van der Waals surface area contributed by atoms with Gasteiger partial charge in [-0.25, -0.2) is 5.48 Å². The Morgan fingerprint density at radius 2 is 2.00 bits per heavy atom. The van der Waals surface area contributed by atoms with Gasteiger partial charge < -0.3 is 0 Å². The zero-order valence-electron chi connectivity index (χ0n) is 10.2. The molecular weight excluding hydrogens is 258 g/mol. The molecule has 0 aromatic heterocycles. The number of aryl methyl sites for hydroxylation is 1. The van der Waals surface area contributed by atoms with Crippen LogP contribution in [0.1, 0.15) is 15.9 Å². The maximum absolute atomic E-state index is 11.2. The summed E-state index contributed by atoms with van der Waals surface area (Å²) in [6.07, 6.45) is 0.921. The fraction of sp³-hybridized carbons (Fsp3) is 0.133. The predicted octanol–water partition coefficient (Wildman–Crippen LogP) is 2.74. The van der Waals surface area contributed by atoms with Gasteiger partial charge in [-0.1, -0.05) is 24.3 Å². The van der Waals surface area contributed by atoms with Crippen molar-refractivity contribution in [2.45, 2.75) is 11.3 Å². The van der Waals surface area contributed by atoms with E-state index in [-0.39, 0.29) is 0 Å². The van der Waals surface area contributed by atoms with Gasteiger partial charge in [0, 0.05) is 22.3 Å². The van der Waals surface area contributed by atoms with Gasteiger partial charge in [0.15, 0.2) is 0 Å². The highest BCUT2D eigenvalue weighted by atomic mass is 32.2. The molecule has 0 saturated carbocycles. The third-order valence-electron chi connectivity index (χ3n) is 2.61. The molecule has 2 rings (SSSR count). The number of hydroxylamine groups is 1. The van der Waals surface area contributed by atoms with Crippen LogP contribution in [0.15, 0.2) is 47.4 Å². The molecule has 4 heteroatoms. The zero-order chi connectivity index (χ0) is 13.5. The van der Waals surface area contributed by atoms with E-state index in [4.69, 9.17) is 5.21 Å². The number of benzene rings is 1. The quantitative estimate of drug-likeness (QED) is 0.499. The molecule has 2 aromatic rings. The minimum atomic E-state index is -0.489. The normalized spacial score (nSPS) is 9.74. The Morgan fingerprint density at radius 3 is 2.63 bits per heavy atom. The molecule has 0 unspecified atom stereocenters. The molecule has 0 atom stereocenters. The number of carbonyl (C=O) groups is 1. The SMILES string of the molecule is O=C(NO)c1ccc(CCSc2cc#ccc2)cc1. The van der Waals surface area contributed by atoms with Crippen molar-refractivity contribution in [1.82, 2.24) is 5.48 Å². The molecule has 0 aliphatic heterocycles. The highest BCUT2D eigenvalue weighted by Gasteiger charge is 2.03. The second kappa shape index (κ2) is 6.83. The molecule has 2 N–H and O–H groups in total. The fourth-order valence-electron chi connectivity index (χ4n) is 1.60. The average molecular weight is 271 g/mol. The van der Waals surface area contributed by atoms with Crippen molar-refractivity contribution < 1.29 is 10.0 Å². The van der Waals surface area contributed by atoms with Crippen molar-refractivity contribution in [3.8, 4) is 0 Å². The molecule has 0 saturated heterocycles. The molecular formula is C15H13NO2S. The monoisotopic (exact) mass is 271 g/mol. The van der Waals surface area contributed by atoms with Crippen molar-refractivity contribution in [2.75, 3.05) is 5.75 Å². The van der Waals surface area contributed by atoms with Gasteiger partial charge in [0.05, 0.1) is 0 Å². The van der Waals surface area contributed by atoms with E-state index < -0.39 is 5.91 Å². The molecule has 19 heavy (non-hydrogen) atoms. The molecule has 0 spiro atoms. The first-order valence-corrected chi connectivity index (χ1v) is 6.82. The Kier molecular flexibility index (Phi) is 4.85. The average Bonchev–Trinajstić information content (AvgIpc) is 2.48. The minimum absolute atomic E-state index is 0.451. The van der Waals surface area contributed by atoms with Gasteiger partial charge in [0.2, 0.25) is 0 Å². The van der Waals surface area contributed by atoms with Gasteiger partial charge in [0.1, 0.15) is 0 Å². The molecule has 0 heterocycles. The van der Waals surface area contributed by atoms with Crippen LogP contribution in [0, 0.1) is 12.1 Å². The minimum Gasteiger partial charge on any atom is -0.288 e. The van der Waals surface area contributed by atoms with Crippen molar-refractivity contribution in [2.24, 2.45) is 0 Å². The Balaban J connectivity index is 1.85. The van der Waals surface area contributed by atoms with E-state index in [0.717, 1.165) is 17.7 Å². The molecule has 0 aliphatic rings. The van der Waals surface area contributed by atoms with E-state index in [2.05, 4.69) is 12.1 Å². The summed E-state index contributed by atoms with van der Waals surface area (Å²) in [6.45, 7) is 0. The summed E-state index contributed by atoms with van der Waals surface area (Å²) in [5.41, 5.74) is 3.23. The maximum Gasteiger partial charge on any atom is 0.274 e. The first-order chi connectivity index (χ1) is 9.29. The Hall–Kier alpha value is -1.96. The Bertz CT molecular complexity index is 526.